The number of hydrogen-bond acceptors (Lipinski definition) is 3. The molecular formula is C12H20N2O4S. The second kappa shape index (κ2) is 4.17. The number of fused-ring (bicyclic) bond motifs is 2. The second-order valence-electron chi connectivity index (χ2n) is 6.36. The molecule has 0 amide bonds. The van der Waals surface area contributed by atoms with E-state index in [1.54, 1.807) is 11.2 Å². The maximum absolute atomic E-state index is 12.6. The third kappa shape index (κ3) is 1.98. The van der Waals surface area contributed by atoms with Gasteiger partial charge in [-0.1, -0.05) is 0 Å². The van der Waals surface area contributed by atoms with Gasteiger partial charge in [-0.3, -0.25) is 4.79 Å². The first kappa shape index (κ1) is 13.3. The van der Waals surface area contributed by atoms with Crippen LogP contribution in [0.1, 0.15) is 32.6 Å². The highest BCUT2D eigenvalue weighted by Crippen LogP contribution is 2.41. The Hall–Kier alpha value is -0.660. The summed E-state index contributed by atoms with van der Waals surface area (Å²) in [7, 11) is -3.47. The van der Waals surface area contributed by atoms with E-state index in [1.165, 1.54) is 4.31 Å². The van der Waals surface area contributed by atoms with E-state index < -0.39 is 21.6 Å². The maximum atomic E-state index is 12.6. The topological polar surface area (TPSA) is 77.9 Å². The monoisotopic (exact) mass is 288 g/mol. The van der Waals surface area contributed by atoms with Crippen molar-refractivity contribution in [2.45, 2.75) is 38.6 Å². The van der Waals surface area contributed by atoms with Crippen LogP contribution in [0.15, 0.2) is 0 Å². The van der Waals surface area contributed by atoms with E-state index in [0.29, 0.717) is 25.4 Å². The lowest BCUT2D eigenvalue weighted by molar-refractivity contribution is -0.146. The zero-order valence-corrected chi connectivity index (χ0v) is 11.9. The smallest absolute Gasteiger partial charge is 0.310 e. The van der Waals surface area contributed by atoms with Crippen molar-refractivity contribution >= 4 is 16.2 Å². The molecule has 0 aromatic rings. The molecule has 6 nitrogen and oxygen atoms in total. The molecule has 0 aromatic carbocycles. The van der Waals surface area contributed by atoms with Gasteiger partial charge in [-0.15, -0.1) is 0 Å². The van der Waals surface area contributed by atoms with Crippen molar-refractivity contribution in [1.82, 2.24) is 8.61 Å². The van der Waals surface area contributed by atoms with Crippen LogP contribution in [-0.2, 0) is 15.0 Å². The number of carboxylic acids is 1. The molecule has 1 saturated carbocycles. The number of piperidine rings is 1. The van der Waals surface area contributed by atoms with Gasteiger partial charge in [0.05, 0.1) is 5.41 Å². The Kier molecular flexibility index (Phi) is 2.92. The third-order valence-electron chi connectivity index (χ3n) is 4.94. The minimum atomic E-state index is -3.47. The summed E-state index contributed by atoms with van der Waals surface area (Å²) in [5.74, 6) is -0.402. The Labute approximate surface area is 113 Å². The van der Waals surface area contributed by atoms with Crippen molar-refractivity contribution in [1.29, 1.82) is 0 Å². The molecule has 3 fully saturated rings. The normalized spacial score (nSPS) is 40.1. The van der Waals surface area contributed by atoms with E-state index in [2.05, 4.69) is 0 Å². The summed E-state index contributed by atoms with van der Waals surface area (Å²) >= 11 is 0. The van der Waals surface area contributed by atoms with Gasteiger partial charge in [0.15, 0.2) is 0 Å². The first-order valence-electron chi connectivity index (χ1n) is 6.83. The van der Waals surface area contributed by atoms with Crippen molar-refractivity contribution in [3.05, 3.63) is 0 Å². The Morgan fingerprint density at radius 1 is 1.37 bits per heavy atom. The third-order valence-corrected chi connectivity index (χ3v) is 6.94. The average molecular weight is 288 g/mol. The summed E-state index contributed by atoms with van der Waals surface area (Å²) in [5.41, 5.74) is -0.939. The molecule has 0 aromatic heterocycles. The lowest BCUT2D eigenvalue weighted by Crippen LogP contribution is -2.47. The number of aliphatic carboxylic acids is 1. The van der Waals surface area contributed by atoms with Crippen LogP contribution in [0.3, 0.4) is 0 Å². The molecule has 1 aliphatic carbocycles. The molecule has 0 radical (unpaired) electrons. The fraction of sp³-hybridized carbons (Fsp3) is 0.917. The van der Waals surface area contributed by atoms with Gasteiger partial charge in [-0.25, -0.2) is 0 Å². The SMILES string of the molecule is CC1(C(=O)O)CCN(S(=O)(=O)N2CC3CCC2C3)C1. The number of rotatable bonds is 3. The minimum absolute atomic E-state index is 0.0958. The molecule has 19 heavy (non-hydrogen) atoms. The summed E-state index contributed by atoms with van der Waals surface area (Å²) in [6.07, 6.45) is 3.45. The van der Waals surface area contributed by atoms with Gasteiger partial charge in [0, 0.05) is 25.7 Å². The van der Waals surface area contributed by atoms with E-state index in [1.807, 2.05) is 0 Å². The molecule has 108 valence electrons. The molecular weight excluding hydrogens is 268 g/mol. The Morgan fingerprint density at radius 2 is 2.11 bits per heavy atom. The van der Waals surface area contributed by atoms with Crippen molar-refractivity contribution < 1.29 is 18.3 Å². The van der Waals surface area contributed by atoms with Crippen LogP contribution in [0.5, 0.6) is 0 Å². The van der Waals surface area contributed by atoms with Gasteiger partial charge in [0.25, 0.3) is 10.2 Å². The molecule has 2 bridgehead atoms. The van der Waals surface area contributed by atoms with Gasteiger partial charge in [-0.2, -0.15) is 17.0 Å². The molecule has 3 unspecified atom stereocenters. The molecule has 2 saturated heterocycles. The van der Waals surface area contributed by atoms with Crippen LogP contribution in [-0.4, -0.2) is 53.8 Å². The van der Waals surface area contributed by atoms with Crippen molar-refractivity contribution in [2.24, 2.45) is 11.3 Å². The summed E-state index contributed by atoms with van der Waals surface area (Å²) < 4.78 is 28.2. The van der Waals surface area contributed by atoms with E-state index in [0.717, 1.165) is 19.3 Å². The van der Waals surface area contributed by atoms with Crippen molar-refractivity contribution in [3.8, 4) is 0 Å². The lowest BCUT2D eigenvalue weighted by atomic mass is 9.90. The fourth-order valence-corrected chi connectivity index (χ4v) is 5.63. The molecule has 1 N–H and O–H groups in total. The van der Waals surface area contributed by atoms with Gasteiger partial charge in [-0.05, 0) is 38.5 Å². The molecule has 2 aliphatic heterocycles. The van der Waals surface area contributed by atoms with Crippen LogP contribution in [0.2, 0.25) is 0 Å². The minimum Gasteiger partial charge on any atom is -0.481 e. The second-order valence-corrected chi connectivity index (χ2v) is 8.24. The van der Waals surface area contributed by atoms with E-state index in [-0.39, 0.29) is 12.6 Å². The largest absolute Gasteiger partial charge is 0.481 e. The van der Waals surface area contributed by atoms with E-state index in [4.69, 9.17) is 0 Å². The average Bonchev–Trinajstić information content (AvgIpc) is 3.02. The Bertz CT molecular complexity index is 506. The maximum Gasteiger partial charge on any atom is 0.310 e. The molecule has 3 rings (SSSR count). The van der Waals surface area contributed by atoms with Gasteiger partial charge < -0.3 is 5.11 Å². The molecule has 3 atom stereocenters. The molecule has 3 aliphatic rings. The Morgan fingerprint density at radius 3 is 2.58 bits per heavy atom. The van der Waals surface area contributed by atoms with Crippen molar-refractivity contribution in [2.75, 3.05) is 19.6 Å². The van der Waals surface area contributed by atoms with Crippen LogP contribution in [0.25, 0.3) is 0 Å². The van der Waals surface area contributed by atoms with Crippen LogP contribution < -0.4 is 0 Å². The van der Waals surface area contributed by atoms with E-state index >= 15 is 0 Å². The zero-order chi connectivity index (χ0) is 13.8. The van der Waals surface area contributed by atoms with E-state index in [9.17, 15) is 18.3 Å². The first-order valence-corrected chi connectivity index (χ1v) is 8.23. The van der Waals surface area contributed by atoms with Gasteiger partial charge in [0.2, 0.25) is 0 Å². The number of hydrogen-bond donors (Lipinski definition) is 1. The summed E-state index contributed by atoms with van der Waals surface area (Å²) in [6.45, 7) is 2.66. The van der Waals surface area contributed by atoms with Crippen LogP contribution in [0, 0.1) is 11.3 Å². The highest BCUT2D eigenvalue weighted by Gasteiger charge is 2.50. The quantitative estimate of drug-likeness (QED) is 0.821. The van der Waals surface area contributed by atoms with Crippen LogP contribution in [0.4, 0.5) is 0 Å². The lowest BCUT2D eigenvalue weighted by Gasteiger charge is -2.30. The first-order chi connectivity index (χ1) is 8.83. The highest BCUT2D eigenvalue weighted by molar-refractivity contribution is 7.86. The zero-order valence-electron chi connectivity index (χ0n) is 11.1. The molecule has 7 heteroatoms. The standard InChI is InChI=1S/C12H20N2O4S/c1-12(11(15)16)4-5-13(8-12)19(17,18)14-7-9-2-3-10(14)6-9/h9-10H,2-8H2,1H3,(H,15,16). The number of carboxylic acid groups (broad SMARTS) is 1. The molecule has 0 spiro atoms. The van der Waals surface area contributed by atoms with Crippen LogP contribution >= 0.6 is 0 Å². The fourth-order valence-electron chi connectivity index (χ4n) is 3.60. The predicted molar refractivity (Wildman–Crippen MR) is 68.7 cm³/mol. The summed E-state index contributed by atoms with van der Waals surface area (Å²) in [4.78, 5) is 11.2. The Balaban J connectivity index is 1.78. The van der Waals surface area contributed by atoms with Gasteiger partial charge >= 0.3 is 5.97 Å². The summed E-state index contributed by atoms with van der Waals surface area (Å²) in [5, 5.41) is 9.19. The van der Waals surface area contributed by atoms with Gasteiger partial charge in [0.1, 0.15) is 0 Å². The molecule has 2 heterocycles. The number of nitrogens with zero attached hydrogens (tertiary/aromatic N) is 2. The number of carbonyl (C=O) groups is 1. The highest BCUT2D eigenvalue weighted by atomic mass is 32.2. The van der Waals surface area contributed by atoms with Crippen molar-refractivity contribution in [3.63, 3.8) is 0 Å². The summed E-state index contributed by atoms with van der Waals surface area (Å²) in [6, 6.07) is 0.145. The predicted octanol–water partition coefficient (Wildman–Crippen LogP) is 0.512.